The highest BCUT2D eigenvalue weighted by Gasteiger charge is 2.30. The standard InChI is InChI=1S/C25H23ClN2O3/c26-20-12-14-21(15-13-20)31-17-23(29)27-24(19-8-2-1-3-9-19)25(30)28-16-6-10-18-7-4-5-11-22(18)28/h1-5,7-9,11-15,24H,6,10,16-17H2,(H,27,29)/t24-/m0/s1. The molecule has 0 bridgehead atoms. The lowest BCUT2D eigenvalue weighted by Gasteiger charge is -2.32. The number of rotatable bonds is 6. The van der Waals surface area contributed by atoms with E-state index in [0.29, 0.717) is 17.3 Å². The third-order valence-electron chi connectivity index (χ3n) is 5.25. The van der Waals surface area contributed by atoms with Crippen molar-refractivity contribution in [3.05, 3.63) is 95.0 Å². The van der Waals surface area contributed by atoms with Crippen LogP contribution in [0.25, 0.3) is 0 Å². The minimum Gasteiger partial charge on any atom is -0.484 e. The molecule has 0 saturated carbocycles. The van der Waals surface area contributed by atoms with Gasteiger partial charge in [-0.25, -0.2) is 0 Å². The molecule has 6 heteroatoms. The second kappa shape index (κ2) is 9.67. The number of aryl methyl sites for hydroxylation is 1. The summed E-state index contributed by atoms with van der Waals surface area (Å²) in [5.41, 5.74) is 2.79. The van der Waals surface area contributed by atoms with Crippen molar-refractivity contribution in [1.82, 2.24) is 5.32 Å². The molecule has 1 heterocycles. The third kappa shape index (κ3) is 5.06. The fraction of sp³-hybridized carbons (Fsp3) is 0.200. The summed E-state index contributed by atoms with van der Waals surface area (Å²) in [4.78, 5) is 28.0. The molecular formula is C25H23ClN2O3. The number of hydrogen-bond donors (Lipinski definition) is 1. The summed E-state index contributed by atoms with van der Waals surface area (Å²) in [5, 5.41) is 3.45. The Morgan fingerprint density at radius 2 is 1.68 bits per heavy atom. The molecule has 1 aliphatic heterocycles. The molecule has 0 radical (unpaired) electrons. The summed E-state index contributed by atoms with van der Waals surface area (Å²) < 4.78 is 5.55. The van der Waals surface area contributed by atoms with Gasteiger partial charge >= 0.3 is 0 Å². The lowest BCUT2D eigenvalue weighted by molar-refractivity contribution is -0.129. The van der Waals surface area contributed by atoms with Gasteiger partial charge in [0.15, 0.2) is 6.61 Å². The van der Waals surface area contributed by atoms with Crippen molar-refractivity contribution >= 4 is 29.1 Å². The highest BCUT2D eigenvalue weighted by Crippen LogP contribution is 2.29. The SMILES string of the molecule is O=C(COc1ccc(Cl)cc1)N[C@H](C(=O)N1CCCc2ccccc21)c1ccccc1. The highest BCUT2D eigenvalue weighted by molar-refractivity contribution is 6.30. The van der Waals surface area contributed by atoms with E-state index in [2.05, 4.69) is 5.32 Å². The Morgan fingerprint density at radius 1 is 0.968 bits per heavy atom. The summed E-state index contributed by atoms with van der Waals surface area (Å²) in [6.45, 7) is 0.422. The van der Waals surface area contributed by atoms with Crippen LogP contribution in [0.5, 0.6) is 5.75 Å². The first kappa shape index (κ1) is 20.9. The number of nitrogens with zero attached hydrogens (tertiary/aromatic N) is 1. The van der Waals surface area contributed by atoms with Crippen LogP contribution in [-0.4, -0.2) is 25.0 Å². The van der Waals surface area contributed by atoms with Crippen molar-refractivity contribution in [2.75, 3.05) is 18.1 Å². The molecule has 1 atom stereocenters. The molecule has 3 aromatic rings. The van der Waals surface area contributed by atoms with Crippen molar-refractivity contribution in [1.29, 1.82) is 0 Å². The Bertz CT molecular complexity index is 1050. The number of benzene rings is 3. The van der Waals surface area contributed by atoms with Crippen molar-refractivity contribution in [2.24, 2.45) is 0 Å². The van der Waals surface area contributed by atoms with E-state index in [9.17, 15) is 9.59 Å². The molecule has 31 heavy (non-hydrogen) atoms. The molecule has 158 valence electrons. The number of anilines is 1. The average molecular weight is 435 g/mol. The van der Waals surface area contributed by atoms with Gasteiger partial charge in [0.05, 0.1) is 0 Å². The van der Waals surface area contributed by atoms with Gasteiger partial charge in [-0.15, -0.1) is 0 Å². The first-order valence-electron chi connectivity index (χ1n) is 10.2. The largest absolute Gasteiger partial charge is 0.484 e. The van der Waals surface area contributed by atoms with E-state index in [-0.39, 0.29) is 18.4 Å². The molecule has 5 nitrogen and oxygen atoms in total. The zero-order valence-corrected chi connectivity index (χ0v) is 17.7. The molecule has 0 spiro atoms. The average Bonchev–Trinajstić information content (AvgIpc) is 2.82. The first-order chi connectivity index (χ1) is 15.1. The second-order valence-corrected chi connectivity index (χ2v) is 7.81. The van der Waals surface area contributed by atoms with Gasteiger partial charge in [0.2, 0.25) is 0 Å². The maximum atomic E-state index is 13.6. The lowest BCUT2D eigenvalue weighted by atomic mass is 9.99. The number of carbonyl (C=O) groups excluding carboxylic acids is 2. The van der Waals surface area contributed by atoms with Crippen LogP contribution >= 0.6 is 11.6 Å². The first-order valence-corrected chi connectivity index (χ1v) is 10.6. The fourth-order valence-electron chi connectivity index (χ4n) is 3.73. The predicted molar refractivity (Wildman–Crippen MR) is 121 cm³/mol. The molecule has 2 amide bonds. The second-order valence-electron chi connectivity index (χ2n) is 7.38. The van der Waals surface area contributed by atoms with E-state index in [0.717, 1.165) is 29.7 Å². The molecule has 3 aromatic carbocycles. The summed E-state index contributed by atoms with van der Waals surface area (Å²) in [5.74, 6) is 0.00716. The number of para-hydroxylation sites is 1. The Hall–Kier alpha value is -3.31. The number of hydrogen-bond acceptors (Lipinski definition) is 3. The van der Waals surface area contributed by atoms with Gasteiger partial charge in [0.25, 0.3) is 11.8 Å². The van der Waals surface area contributed by atoms with E-state index in [1.54, 1.807) is 29.2 Å². The van der Waals surface area contributed by atoms with Crippen LogP contribution in [0.4, 0.5) is 5.69 Å². The molecule has 4 rings (SSSR count). The normalized spacial score (nSPS) is 13.8. The van der Waals surface area contributed by atoms with Crippen molar-refractivity contribution < 1.29 is 14.3 Å². The zero-order chi connectivity index (χ0) is 21.6. The van der Waals surface area contributed by atoms with Crippen molar-refractivity contribution in [2.45, 2.75) is 18.9 Å². The minimum atomic E-state index is -0.798. The molecule has 0 fully saturated rings. The number of halogens is 1. The van der Waals surface area contributed by atoms with Gasteiger partial charge in [-0.1, -0.05) is 60.1 Å². The van der Waals surface area contributed by atoms with Crippen LogP contribution in [0.3, 0.4) is 0 Å². The number of carbonyl (C=O) groups is 2. The van der Waals surface area contributed by atoms with Crippen LogP contribution in [0.15, 0.2) is 78.9 Å². The summed E-state index contributed by atoms with van der Waals surface area (Å²) in [6.07, 6.45) is 1.83. The molecule has 0 aliphatic carbocycles. The Labute approximate surface area is 186 Å². The van der Waals surface area contributed by atoms with E-state index in [1.165, 1.54) is 0 Å². The molecule has 0 saturated heterocycles. The Kier molecular flexibility index (Phi) is 6.53. The number of fused-ring (bicyclic) bond motifs is 1. The quantitative estimate of drug-likeness (QED) is 0.619. The van der Waals surface area contributed by atoms with Gasteiger partial charge in [-0.2, -0.15) is 0 Å². The van der Waals surface area contributed by atoms with Gasteiger partial charge in [-0.3, -0.25) is 9.59 Å². The lowest BCUT2D eigenvalue weighted by Crippen LogP contribution is -2.46. The molecule has 1 N–H and O–H groups in total. The van der Waals surface area contributed by atoms with Crippen LogP contribution in [0, 0.1) is 0 Å². The number of nitrogens with one attached hydrogen (secondary N) is 1. The van der Waals surface area contributed by atoms with E-state index in [1.807, 2.05) is 54.6 Å². The topological polar surface area (TPSA) is 58.6 Å². The van der Waals surface area contributed by atoms with Gasteiger partial charge in [0.1, 0.15) is 11.8 Å². The maximum absolute atomic E-state index is 13.6. The smallest absolute Gasteiger partial charge is 0.258 e. The van der Waals surface area contributed by atoms with E-state index >= 15 is 0 Å². The predicted octanol–water partition coefficient (Wildman–Crippen LogP) is 4.56. The minimum absolute atomic E-state index is 0.154. The molecule has 0 unspecified atom stereocenters. The number of amides is 2. The molecule has 1 aliphatic rings. The molecular weight excluding hydrogens is 412 g/mol. The van der Waals surface area contributed by atoms with E-state index < -0.39 is 6.04 Å². The summed E-state index contributed by atoms with van der Waals surface area (Å²) >= 11 is 5.88. The highest BCUT2D eigenvalue weighted by atomic mass is 35.5. The van der Waals surface area contributed by atoms with Gasteiger partial charge in [0, 0.05) is 17.3 Å². The van der Waals surface area contributed by atoms with Crippen molar-refractivity contribution in [3.8, 4) is 5.75 Å². The molecule has 0 aromatic heterocycles. The van der Waals surface area contributed by atoms with Crippen LogP contribution < -0.4 is 15.0 Å². The number of ether oxygens (including phenoxy) is 1. The summed E-state index contributed by atoms with van der Waals surface area (Å²) in [7, 11) is 0. The zero-order valence-electron chi connectivity index (χ0n) is 17.0. The van der Waals surface area contributed by atoms with Crippen LogP contribution in [0.1, 0.15) is 23.6 Å². The maximum Gasteiger partial charge on any atom is 0.258 e. The van der Waals surface area contributed by atoms with E-state index in [4.69, 9.17) is 16.3 Å². The van der Waals surface area contributed by atoms with Crippen molar-refractivity contribution in [3.63, 3.8) is 0 Å². The van der Waals surface area contributed by atoms with Gasteiger partial charge < -0.3 is 15.0 Å². The monoisotopic (exact) mass is 434 g/mol. The third-order valence-corrected chi connectivity index (χ3v) is 5.50. The Morgan fingerprint density at radius 3 is 2.45 bits per heavy atom. The summed E-state index contributed by atoms with van der Waals surface area (Å²) in [6, 6.07) is 23.2. The fourth-order valence-corrected chi connectivity index (χ4v) is 3.86. The van der Waals surface area contributed by atoms with Crippen LogP contribution in [-0.2, 0) is 16.0 Å². The Balaban J connectivity index is 1.52. The van der Waals surface area contributed by atoms with Gasteiger partial charge in [-0.05, 0) is 54.3 Å². The van der Waals surface area contributed by atoms with Crippen LogP contribution in [0.2, 0.25) is 5.02 Å².